The molecule has 1 unspecified atom stereocenters. The molecule has 22 heavy (non-hydrogen) atoms. The van der Waals surface area contributed by atoms with E-state index in [2.05, 4.69) is 34.0 Å². The Morgan fingerprint density at radius 3 is 2.95 bits per heavy atom. The first-order chi connectivity index (χ1) is 10.7. The Morgan fingerprint density at radius 1 is 1.18 bits per heavy atom. The Balaban J connectivity index is 1.79. The van der Waals surface area contributed by atoms with Gasteiger partial charge in [-0.3, -0.25) is 4.57 Å². The van der Waals surface area contributed by atoms with Crippen LogP contribution in [0.15, 0.2) is 42.9 Å². The van der Waals surface area contributed by atoms with Crippen molar-refractivity contribution < 1.29 is 4.74 Å². The zero-order valence-corrected chi connectivity index (χ0v) is 12.5. The van der Waals surface area contributed by atoms with Gasteiger partial charge in [0.25, 0.3) is 0 Å². The average Bonchev–Trinajstić information content (AvgIpc) is 3.11. The Bertz CT molecular complexity index is 840. The quantitative estimate of drug-likeness (QED) is 0.728. The number of aryl methyl sites for hydroxylation is 1. The monoisotopic (exact) mass is 292 g/mol. The lowest BCUT2D eigenvalue weighted by Gasteiger charge is -2.09. The average molecular weight is 292 g/mol. The predicted octanol–water partition coefficient (Wildman–Crippen LogP) is 2.96. The zero-order chi connectivity index (χ0) is 15.1. The second-order valence-electron chi connectivity index (χ2n) is 5.53. The maximum absolute atomic E-state index is 5.76. The normalized spacial score (nSPS) is 16.4. The van der Waals surface area contributed by atoms with Gasteiger partial charge in [-0.1, -0.05) is 0 Å². The highest BCUT2D eigenvalue weighted by molar-refractivity contribution is 5.56. The van der Waals surface area contributed by atoms with Crippen LogP contribution in [0.2, 0.25) is 0 Å². The fourth-order valence-corrected chi connectivity index (χ4v) is 2.84. The molecule has 0 saturated carbocycles. The highest BCUT2D eigenvalue weighted by Crippen LogP contribution is 2.31. The smallest absolute Gasteiger partial charge is 0.163 e. The minimum absolute atomic E-state index is 0.247. The fourth-order valence-electron chi connectivity index (χ4n) is 2.84. The minimum Gasteiger partial charge on any atom is -0.490 e. The van der Waals surface area contributed by atoms with Gasteiger partial charge in [0.15, 0.2) is 5.82 Å². The lowest BCUT2D eigenvalue weighted by atomic mass is 10.1. The molecule has 0 radical (unpaired) electrons. The summed E-state index contributed by atoms with van der Waals surface area (Å²) in [4.78, 5) is 13.1. The molecule has 3 aromatic rings. The van der Waals surface area contributed by atoms with Crippen LogP contribution in [0.5, 0.6) is 5.75 Å². The molecule has 110 valence electrons. The molecule has 1 atom stereocenters. The van der Waals surface area contributed by atoms with Gasteiger partial charge in [-0.25, -0.2) is 15.0 Å². The zero-order valence-electron chi connectivity index (χ0n) is 12.5. The third-order valence-electron chi connectivity index (χ3n) is 3.80. The van der Waals surface area contributed by atoms with Gasteiger partial charge in [-0.05, 0) is 43.7 Å². The van der Waals surface area contributed by atoms with E-state index in [-0.39, 0.29) is 6.10 Å². The third-order valence-corrected chi connectivity index (χ3v) is 3.80. The van der Waals surface area contributed by atoms with Crippen LogP contribution in [0, 0.1) is 6.92 Å². The van der Waals surface area contributed by atoms with E-state index in [0.717, 1.165) is 35.2 Å². The van der Waals surface area contributed by atoms with E-state index in [1.807, 2.05) is 29.8 Å². The second-order valence-corrected chi connectivity index (χ2v) is 5.53. The van der Waals surface area contributed by atoms with E-state index in [4.69, 9.17) is 4.74 Å². The van der Waals surface area contributed by atoms with E-state index in [1.54, 1.807) is 12.4 Å². The summed E-state index contributed by atoms with van der Waals surface area (Å²) in [5.41, 5.74) is 3.13. The summed E-state index contributed by atoms with van der Waals surface area (Å²) in [6.07, 6.45) is 6.69. The van der Waals surface area contributed by atoms with Crippen molar-refractivity contribution in [1.29, 1.82) is 0 Å². The van der Waals surface area contributed by atoms with Crippen LogP contribution in [0.25, 0.3) is 17.2 Å². The molecule has 1 aliphatic heterocycles. The van der Waals surface area contributed by atoms with Crippen LogP contribution in [-0.2, 0) is 6.42 Å². The van der Waals surface area contributed by atoms with E-state index >= 15 is 0 Å². The fraction of sp³-hybridized carbons (Fsp3) is 0.235. The minimum atomic E-state index is 0.247. The van der Waals surface area contributed by atoms with E-state index in [1.165, 1.54) is 5.56 Å². The summed E-state index contributed by atoms with van der Waals surface area (Å²) in [6, 6.07) is 8.13. The van der Waals surface area contributed by atoms with Gasteiger partial charge in [-0.2, -0.15) is 0 Å². The molecule has 0 amide bonds. The van der Waals surface area contributed by atoms with Gasteiger partial charge in [-0.15, -0.1) is 0 Å². The second kappa shape index (κ2) is 4.94. The Morgan fingerprint density at radius 2 is 2.09 bits per heavy atom. The van der Waals surface area contributed by atoms with Crippen LogP contribution in [0.1, 0.15) is 18.3 Å². The van der Waals surface area contributed by atoms with Crippen molar-refractivity contribution in [3.8, 4) is 23.0 Å². The lowest BCUT2D eigenvalue weighted by molar-refractivity contribution is 0.254. The Hall–Kier alpha value is -2.69. The van der Waals surface area contributed by atoms with Gasteiger partial charge in [0.1, 0.15) is 23.4 Å². The van der Waals surface area contributed by atoms with Crippen LogP contribution in [0.3, 0.4) is 0 Å². The SMILES string of the molecule is Cc1nccc(-c2nccn2-c2ccc3c(c2)CC(C)O3)n1. The summed E-state index contributed by atoms with van der Waals surface area (Å²) in [5.74, 6) is 2.54. The molecule has 5 heteroatoms. The summed E-state index contributed by atoms with van der Waals surface area (Å²) in [6.45, 7) is 3.97. The molecule has 0 bridgehead atoms. The first-order valence-corrected chi connectivity index (χ1v) is 7.34. The first-order valence-electron chi connectivity index (χ1n) is 7.34. The van der Waals surface area contributed by atoms with Gasteiger partial charge >= 0.3 is 0 Å². The van der Waals surface area contributed by atoms with Crippen molar-refractivity contribution in [3.63, 3.8) is 0 Å². The lowest BCUT2D eigenvalue weighted by Crippen LogP contribution is -2.05. The number of hydrogen-bond donors (Lipinski definition) is 0. The summed E-state index contributed by atoms with van der Waals surface area (Å²) >= 11 is 0. The molecule has 3 heterocycles. The summed E-state index contributed by atoms with van der Waals surface area (Å²) in [5, 5.41) is 0. The van der Waals surface area contributed by atoms with Crippen LogP contribution < -0.4 is 4.74 Å². The van der Waals surface area contributed by atoms with Crippen molar-refractivity contribution >= 4 is 0 Å². The molecule has 0 spiro atoms. The van der Waals surface area contributed by atoms with Gasteiger partial charge in [0.2, 0.25) is 0 Å². The molecule has 4 rings (SSSR count). The highest BCUT2D eigenvalue weighted by atomic mass is 16.5. The summed E-state index contributed by atoms with van der Waals surface area (Å²) < 4.78 is 7.81. The number of imidazole rings is 1. The van der Waals surface area contributed by atoms with Gasteiger partial charge < -0.3 is 4.74 Å². The van der Waals surface area contributed by atoms with Crippen molar-refractivity contribution in [1.82, 2.24) is 19.5 Å². The number of benzene rings is 1. The number of rotatable bonds is 2. The summed E-state index contributed by atoms with van der Waals surface area (Å²) in [7, 11) is 0. The number of fused-ring (bicyclic) bond motifs is 1. The van der Waals surface area contributed by atoms with Crippen molar-refractivity contribution in [3.05, 3.63) is 54.2 Å². The van der Waals surface area contributed by atoms with Crippen LogP contribution in [-0.4, -0.2) is 25.6 Å². The maximum atomic E-state index is 5.76. The van der Waals surface area contributed by atoms with Crippen molar-refractivity contribution in [2.24, 2.45) is 0 Å². The molecule has 1 aromatic carbocycles. The van der Waals surface area contributed by atoms with Crippen molar-refractivity contribution in [2.75, 3.05) is 0 Å². The molecule has 0 fully saturated rings. The first kappa shape index (κ1) is 13.0. The molecule has 1 aliphatic rings. The maximum Gasteiger partial charge on any atom is 0.163 e. The predicted molar refractivity (Wildman–Crippen MR) is 83.1 cm³/mol. The van der Waals surface area contributed by atoms with E-state index in [9.17, 15) is 0 Å². The molecular weight excluding hydrogens is 276 g/mol. The van der Waals surface area contributed by atoms with E-state index in [0.29, 0.717) is 0 Å². The largest absolute Gasteiger partial charge is 0.490 e. The molecule has 5 nitrogen and oxygen atoms in total. The molecular formula is C17H16N4O. The Labute approximate surface area is 128 Å². The topological polar surface area (TPSA) is 52.8 Å². The third kappa shape index (κ3) is 2.15. The molecule has 2 aromatic heterocycles. The van der Waals surface area contributed by atoms with Crippen LogP contribution in [0.4, 0.5) is 0 Å². The number of aromatic nitrogens is 4. The van der Waals surface area contributed by atoms with Crippen molar-refractivity contribution in [2.45, 2.75) is 26.4 Å². The van der Waals surface area contributed by atoms with Gasteiger partial charge in [0, 0.05) is 30.7 Å². The molecule has 0 saturated heterocycles. The number of hydrogen-bond acceptors (Lipinski definition) is 4. The van der Waals surface area contributed by atoms with Gasteiger partial charge in [0.05, 0.1) is 0 Å². The van der Waals surface area contributed by atoms with Crippen LogP contribution >= 0.6 is 0 Å². The number of nitrogens with zero attached hydrogens (tertiary/aromatic N) is 4. The standard InChI is InChI=1S/C17H16N4O/c1-11-9-13-10-14(3-4-16(13)22-11)21-8-7-19-17(21)15-5-6-18-12(2)20-15/h3-8,10-11H,9H2,1-2H3. The van der Waals surface area contributed by atoms with E-state index < -0.39 is 0 Å². The molecule has 0 N–H and O–H groups in total. The highest BCUT2D eigenvalue weighted by Gasteiger charge is 2.20. The molecule has 0 aliphatic carbocycles. The number of ether oxygens (including phenoxy) is 1. The Kier molecular flexibility index (Phi) is 2.92.